The van der Waals surface area contributed by atoms with E-state index >= 15 is 0 Å². The number of hydrogen-bond acceptors (Lipinski definition) is 6. The van der Waals surface area contributed by atoms with Crippen LogP contribution in [-0.2, 0) is 27.2 Å². The van der Waals surface area contributed by atoms with E-state index in [-0.39, 0.29) is 24.3 Å². The van der Waals surface area contributed by atoms with Gasteiger partial charge in [-0.1, -0.05) is 6.42 Å². The molecule has 1 aromatic heterocycles. The molecule has 2 aliphatic heterocycles. The van der Waals surface area contributed by atoms with Crippen molar-refractivity contribution in [3.63, 3.8) is 0 Å². The first-order valence-electron chi connectivity index (χ1n) is 11.1. The lowest BCUT2D eigenvalue weighted by atomic mass is 9.96. The van der Waals surface area contributed by atoms with Crippen molar-refractivity contribution in [2.45, 2.75) is 44.9 Å². The van der Waals surface area contributed by atoms with Crippen LogP contribution in [0.2, 0.25) is 0 Å². The first-order valence-corrected chi connectivity index (χ1v) is 11.9. The molecule has 0 bridgehead atoms. The van der Waals surface area contributed by atoms with Crippen LogP contribution >= 0.6 is 11.3 Å². The monoisotopic (exact) mass is 430 g/mol. The number of nitriles is 1. The van der Waals surface area contributed by atoms with Crippen molar-refractivity contribution in [1.82, 2.24) is 9.80 Å². The molecule has 2 saturated heterocycles. The number of hydrogen-bond donors (Lipinski definition) is 1. The SMILES string of the molecule is N#Cc1c(NC(=O)CN2CCCC(C(=O)N3CCOCC3)C2)sc2c1CCCCC2. The quantitative estimate of drug-likeness (QED) is 0.742. The van der Waals surface area contributed by atoms with Gasteiger partial charge in [0.2, 0.25) is 11.8 Å². The Morgan fingerprint density at radius 2 is 1.93 bits per heavy atom. The van der Waals surface area contributed by atoms with Crippen molar-refractivity contribution in [3.8, 4) is 6.07 Å². The number of ether oxygens (including phenoxy) is 1. The summed E-state index contributed by atoms with van der Waals surface area (Å²) in [5, 5.41) is 13.4. The minimum atomic E-state index is -0.0950. The van der Waals surface area contributed by atoms with Crippen molar-refractivity contribution >= 4 is 28.2 Å². The van der Waals surface area contributed by atoms with E-state index in [4.69, 9.17) is 4.74 Å². The molecule has 1 unspecified atom stereocenters. The van der Waals surface area contributed by atoms with Gasteiger partial charge in [-0.25, -0.2) is 0 Å². The fourth-order valence-electron chi connectivity index (χ4n) is 4.76. The Hall–Kier alpha value is -1.95. The predicted molar refractivity (Wildman–Crippen MR) is 115 cm³/mol. The molecule has 0 saturated carbocycles. The van der Waals surface area contributed by atoms with E-state index in [0.717, 1.165) is 50.6 Å². The second-order valence-electron chi connectivity index (χ2n) is 8.44. The second-order valence-corrected chi connectivity index (χ2v) is 9.55. The van der Waals surface area contributed by atoms with Crippen LogP contribution in [-0.4, -0.2) is 67.6 Å². The highest BCUT2D eigenvalue weighted by Gasteiger charge is 2.31. The first-order chi connectivity index (χ1) is 14.7. The summed E-state index contributed by atoms with van der Waals surface area (Å²) in [6.45, 7) is 4.25. The lowest BCUT2D eigenvalue weighted by Gasteiger charge is -2.35. The number of morpholine rings is 1. The maximum Gasteiger partial charge on any atom is 0.239 e. The van der Waals surface area contributed by atoms with E-state index in [1.54, 1.807) is 11.3 Å². The smallest absolute Gasteiger partial charge is 0.239 e. The van der Waals surface area contributed by atoms with Crippen molar-refractivity contribution in [2.24, 2.45) is 5.92 Å². The Bertz CT molecular complexity index is 825. The number of thiophene rings is 1. The van der Waals surface area contributed by atoms with E-state index < -0.39 is 0 Å². The molecular weight excluding hydrogens is 400 g/mol. The third-order valence-electron chi connectivity index (χ3n) is 6.33. The molecule has 0 spiro atoms. The minimum absolute atomic E-state index is 0.0443. The molecule has 8 heteroatoms. The Balaban J connectivity index is 1.35. The van der Waals surface area contributed by atoms with Crippen molar-refractivity contribution < 1.29 is 14.3 Å². The maximum absolute atomic E-state index is 12.8. The van der Waals surface area contributed by atoms with Crippen LogP contribution in [0.25, 0.3) is 0 Å². The zero-order chi connectivity index (χ0) is 20.9. The number of carbonyl (C=O) groups excluding carboxylic acids is 2. The number of rotatable bonds is 4. The molecule has 4 rings (SSSR count). The van der Waals surface area contributed by atoms with E-state index in [0.29, 0.717) is 43.4 Å². The lowest BCUT2D eigenvalue weighted by Crippen LogP contribution is -2.49. The highest BCUT2D eigenvalue weighted by molar-refractivity contribution is 7.16. The number of likely N-dealkylation sites (tertiary alicyclic amines) is 1. The molecule has 2 fully saturated rings. The number of amides is 2. The standard InChI is InChI=1S/C22H30N4O3S/c23-13-18-17-6-2-1-3-7-19(17)30-21(18)24-20(27)15-25-8-4-5-16(14-25)22(28)26-9-11-29-12-10-26/h16H,1-12,14-15H2,(H,24,27). The van der Waals surface area contributed by atoms with Gasteiger partial charge in [0.1, 0.15) is 11.1 Å². The average molecular weight is 431 g/mol. The average Bonchev–Trinajstić information content (AvgIpc) is 2.92. The number of fused-ring (bicyclic) bond motifs is 1. The summed E-state index contributed by atoms with van der Waals surface area (Å²) in [7, 11) is 0. The predicted octanol–water partition coefficient (Wildman–Crippen LogP) is 2.40. The van der Waals surface area contributed by atoms with E-state index in [9.17, 15) is 14.9 Å². The zero-order valence-electron chi connectivity index (χ0n) is 17.5. The van der Waals surface area contributed by atoms with Gasteiger partial charge in [-0.3, -0.25) is 14.5 Å². The Kier molecular flexibility index (Phi) is 7.03. The molecular formula is C22H30N4O3S. The maximum atomic E-state index is 12.8. The summed E-state index contributed by atoms with van der Waals surface area (Å²) >= 11 is 1.57. The van der Waals surface area contributed by atoms with Gasteiger partial charge in [0.05, 0.1) is 31.2 Å². The summed E-state index contributed by atoms with van der Waals surface area (Å²) in [5.74, 6) is 0.0525. The zero-order valence-corrected chi connectivity index (χ0v) is 18.3. The summed E-state index contributed by atoms with van der Waals surface area (Å²) in [4.78, 5) is 30.8. The third kappa shape index (κ3) is 4.85. The molecule has 0 radical (unpaired) electrons. The Morgan fingerprint density at radius 3 is 2.73 bits per heavy atom. The van der Waals surface area contributed by atoms with Crippen LogP contribution in [0.3, 0.4) is 0 Å². The van der Waals surface area contributed by atoms with E-state index in [1.165, 1.54) is 11.3 Å². The van der Waals surface area contributed by atoms with Gasteiger partial charge in [-0.2, -0.15) is 5.26 Å². The van der Waals surface area contributed by atoms with Crippen LogP contribution in [0.1, 0.15) is 48.1 Å². The molecule has 2 amide bonds. The number of aryl methyl sites for hydroxylation is 1. The molecule has 30 heavy (non-hydrogen) atoms. The number of anilines is 1. The lowest BCUT2D eigenvalue weighted by molar-refractivity contribution is -0.141. The molecule has 1 atom stereocenters. The highest BCUT2D eigenvalue weighted by atomic mass is 32.1. The van der Waals surface area contributed by atoms with E-state index in [2.05, 4.69) is 16.3 Å². The second kappa shape index (κ2) is 9.90. The molecule has 0 aromatic carbocycles. The van der Waals surface area contributed by atoms with Crippen LogP contribution in [0.15, 0.2) is 0 Å². The van der Waals surface area contributed by atoms with Gasteiger partial charge in [0.15, 0.2) is 0 Å². The van der Waals surface area contributed by atoms with Crippen molar-refractivity contribution in [3.05, 3.63) is 16.0 Å². The number of piperidine rings is 1. The van der Waals surface area contributed by atoms with Gasteiger partial charge < -0.3 is 15.0 Å². The molecule has 3 heterocycles. The summed E-state index contributed by atoms with van der Waals surface area (Å²) in [6.07, 6.45) is 7.20. The summed E-state index contributed by atoms with van der Waals surface area (Å²) in [6, 6.07) is 2.32. The molecule has 1 aliphatic carbocycles. The van der Waals surface area contributed by atoms with Gasteiger partial charge in [-0.15, -0.1) is 11.3 Å². The molecule has 1 N–H and O–H groups in total. The van der Waals surface area contributed by atoms with Crippen molar-refractivity contribution in [2.75, 3.05) is 51.3 Å². The van der Waals surface area contributed by atoms with Crippen LogP contribution in [0, 0.1) is 17.2 Å². The van der Waals surface area contributed by atoms with Crippen molar-refractivity contribution in [1.29, 1.82) is 5.26 Å². The summed E-state index contributed by atoms with van der Waals surface area (Å²) in [5.41, 5.74) is 1.80. The third-order valence-corrected chi connectivity index (χ3v) is 7.54. The summed E-state index contributed by atoms with van der Waals surface area (Å²) < 4.78 is 5.34. The Labute approximate surface area is 182 Å². The fourth-order valence-corrected chi connectivity index (χ4v) is 6.02. The highest BCUT2D eigenvalue weighted by Crippen LogP contribution is 2.37. The largest absolute Gasteiger partial charge is 0.378 e. The minimum Gasteiger partial charge on any atom is -0.378 e. The number of nitrogens with one attached hydrogen (secondary N) is 1. The first kappa shape index (κ1) is 21.3. The molecule has 3 aliphatic rings. The van der Waals surface area contributed by atoms with E-state index in [1.807, 2.05) is 4.90 Å². The topological polar surface area (TPSA) is 85.7 Å². The van der Waals surface area contributed by atoms with Crippen LogP contribution < -0.4 is 5.32 Å². The number of carbonyl (C=O) groups is 2. The molecule has 1 aromatic rings. The molecule has 162 valence electrons. The Morgan fingerprint density at radius 1 is 1.13 bits per heavy atom. The van der Waals surface area contributed by atoms with Gasteiger partial charge in [-0.05, 0) is 50.6 Å². The van der Waals surface area contributed by atoms with Gasteiger partial charge in [0.25, 0.3) is 0 Å². The van der Waals surface area contributed by atoms with Gasteiger partial charge in [0, 0.05) is 24.5 Å². The van der Waals surface area contributed by atoms with Gasteiger partial charge >= 0.3 is 0 Å². The fraction of sp³-hybridized carbons (Fsp3) is 0.682. The van der Waals surface area contributed by atoms with Crippen LogP contribution in [0.5, 0.6) is 0 Å². The molecule has 7 nitrogen and oxygen atoms in total. The number of nitrogens with zero attached hydrogens (tertiary/aromatic N) is 3. The van der Waals surface area contributed by atoms with Crippen LogP contribution in [0.4, 0.5) is 5.00 Å². The normalized spacial score (nSPS) is 22.6.